The molecule has 2 N–H and O–H groups in total. The van der Waals surface area contributed by atoms with Gasteiger partial charge in [0.25, 0.3) is 0 Å². The molecule has 0 radical (unpaired) electrons. The van der Waals surface area contributed by atoms with E-state index in [1.165, 1.54) is 25.7 Å². The minimum Gasteiger partial charge on any atom is -0.493 e. The Morgan fingerprint density at radius 1 is 1.11 bits per heavy atom. The molecule has 28 heavy (non-hydrogen) atoms. The fraction of sp³-hybridized carbons (Fsp3) is 0.667. The lowest BCUT2D eigenvalue weighted by Gasteiger charge is -2.54. The minimum absolute atomic E-state index is 0.239. The van der Waals surface area contributed by atoms with Crippen LogP contribution in [0.1, 0.15) is 39.0 Å². The van der Waals surface area contributed by atoms with Crippen LogP contribution in [0.3, 0.4) is 0 Å². The van der Waals surface area contributed by atoms with Gasteiger partial charge in [-0.25, -0.2) is 0 Å². The Labute approximate surface area is 167 Å². The van der Waals surface area contributed by atoms with E-state index < -0.39 is 0 Å². The summed E-state index contributed by atoms with van der Waals surface area (Å²) in [6.45, 7) is 2.85. The van der Waals surface area contributed by atoms with Gasteiger partial charge in [0.1, 0.15) is 0 Å². The number of rotatable bonds is 7. The molecule has 1 aromatic rings. The predicted molar refractivity (Wildman–Crippen MR) is 111 cm³/mol. The molecule has 0 amide bonds. The number of nitrogens with one attached hydrogen (secondary N) is 2. The molecule has 1 aromatic carbocycles. The normalized spacial score (nSPS) is 23.2. The lowest BCUT2D eigenvalue weighted by molar-refractivity contribution is -0.125. The SMILES string of the molecule is CCOC1CC(NC(=NC)Nc2cc(OC)c(OC)c(OC)c2)C12CCCC2. The van der Waals surface area contributed by atoms with Gasteiger partial charge in [0.15, 0.2) is 17.5 Å². The van der Waals surface area contributed by atoms with Gasteiger partial charge in [-0.3, -0.25) is 4.99 Å². The average molecular weight is 392 g/mol. The van der Waals surface area contributed by atoms with E-state index in [0.29, 0.717) is 29.4 Å². The number of methoxy groups -OCH3 is 3. The van der Waals surface area contributed by atoms with E-state index in [9.17, 15) is 0 Å². The molecule has 0 heterocycles. The third kappa shape index (κ3) is 3.72. The zero-order valence-electron chi connectivity index (χ0n) is 17.6. The molecule has 2 aliphatic rings. The maximum absolute atomic E-state index is 6.02. The fourth-order valence-corrected chi connectivity index (χ4v) is 4.70. The molecule has 0 bridgehead atoms. The van der Waals surface area contributed by atoms with Gasteiger partial charge in [-0.2, -0.15) is 0 Å². The number of guanidine groups is 1. The Kier molecular flexibility index (Phi) is 6.54. The van der Waals surface area contributed by atoms with Crippen LogP contribution < -0.4 is 24.8 Å². The highest BCUT2D eigenvalue weighted by Crippen LogP contribution is 2.54. The smallest absolute Gasteiger partial charge is 0.203 e. The lowest BCUT2D eigenvalue weighted by Crippen LogP contribution is -2.64. The molecule has 0 saturated heterocycles. The van der Waals surface area contributed by atoms with Crippen molar-refractivity contribution in [1.29, 1.82) is 0 Å². The van der Waals surface area contributed by atoms with Gasteiger partial charge >= 0.3 is 0 Å². The molecule has 3 rings (SSSR count). The van der Waals surface area contributed by atoms with Gasteiger partial charge < -0.3 is 29.6 Å². The molecule has 2 atom stereocenters. The number of anilines is 1. The largest absolute Gasteiger partial charge is 0.493 e. The number of benzene rings is 1. The molecule has 2 unspecified atom stereocenters. The Morgan fingerprint density at radius 3 is 2.25 bits per heavy atom. The summed E-state index contributed by atoms with van der Waals surface area (Å²) >= 11 is 0. The number of hydrogen-bond donors (Lipinski definition) is 2. The predicted octanol–water partition coefficient (Wildman–Crippen LogP) is 3.44. The maximum Gasteiger partial charge on any atom is 0.203 e. The zero-order chi connectivity index (χ0) is 20.1. The Morgan fingerprint density at radius 2 is 1.75 bits per heavy atom. The molecule has 1 spiro atoms. The summed E-state index contributed by atoms with van der Waals surface area (Å²) < 4.78 is 22.3. The van der Waals surface area contributed by atoms with Crippen LogP contribution in [0.15, 0.2) is 17.1 Å². The number of ether oxygens (including phenoxy) is 4. The summed E-state index contributed by atoms with van der Waals surface area (Å²) in [5.41, 5.74) is 1.06. The van der Waals surface area contributed by atoms with E-state index >= 15 is 0 Å². The van der Waals surface area contributed by atoms with E-state index in [0.717, 1.165) is 24.7 Å². The monoisotopic (exact) mass is 391 g/mol. The third-order valence-electron chi connectivity index (χ3n) is 6.15. The first-order chi connectivity index (χ1) is 13.6. The summed E-state index contributed by atoms with van der Waals surface area (Å²) in [6.07, 6.45) is 6.37. The first-order valence-electron chi connectivity index (χ1n) is 10.0. The van der Waals surface area contributed by atoms with Gasteiger partial charge in [0, 0.05) is 42.9 Å². The second kappa shape index (κ2) is 8.90. The van der Waals surface area contributed by atoms with Crippen LogP contribution in [-0.4, -0.2) is 53.1 Å². The second-order valence-electron chi connectivity index (χ2n) is 7.43. The first-order valence-corrected chi connectivity index (χ1v) is 10.0. The van der Waals surface area contributed by atoms with Crippen LogP contribution in [0.2, 0.25) is 0 Å². The molecule has 156 valence electrons. The topological polar surface area (TPSA) is 73.3 Å². The summed E-state index contributed by atoms with van der Waals surface area (Å²) in [5.74, 6) is 2.52. The Balaban J connectivity index is 1.73. The molecule has 2 saturated carbocycles. The van der Waals surface area contributed by atoms with E-state index in [1.807, 2.05) is 12.1 Å². The molecule has 2 aliphatic carbocycles. The maximum atomic E-state index is 6.02. The summed E-state index contributed by atoms with van der Waals surface area (Å²) in [6, 6.07) is 4.13. The minimum atomic E-state index is 0.239. The van der Waals surface area contributed by atoms with Crippen LogP contribution >= 0.6 is 0 Å². The van der Waals surface area contributed by atoms with Gasteiger partial charge in [0.2, 0.25) is 5.75 Å². The van der Waals surface area contributed by atoms with Crippen molar-refractivity contribution in [3.63, 3.8) is 0 Å². The summed E-state index contributed by atoms with van der Waals surface area (Å²) in [5, 5.41) is 6.99. The lowest BCUT2D eigenvalue weighted by atomic mass is 9.60. The molecular weight excluding hydrogens is 358 g/mol. The number of aliphatic imine (C=N–C) groups is 1. The highest BCUT2D eigenvalue weighted by Gasteiger charge is 2.56. The van der Waals surface area contributed by atoms with E-state index in [4.69, 9.17) is 18.9 Å². The van der Waals surface area contributed by atoms with Crippen molar-refractivity contribution in [1.82, 2.24) is 5.32 Å². The van der Waals surface area contributed by atoms with Gasteiger partial charge in [0.05, 0.1) is 27.4 Å². The summed E-state index contributed by atoms with van der Waals surface area (Å²) in [7, 11) is 6.61. The quantitative estimate of drug-likeness (QED) is 0.548. The second-order valence-corrected chi connectivity index (χ2v) is 7.43. The van der Waals surface area contributed by atoms with Crippen molar-refractivity contribution >= 4 is 11.6 Å². The molecule has 2 fully saturated rings. The number of hydrogen-bond acceptors (Lipinski definition) is 5. The fourth-order valence-electron chi connectivity index (χ4n) is 4.70. The van der Waals surface area contributed by atoms with Crippen molar-refractivity contribution in [2.45, 2.75) is 51.2 Å². The van der Waals surface area contributed by atoms with Crippen LogP contribution in [-0.2, 0) is 4.74 Å². The third-order valence-corrected chi connectivity index (χ3v) is 6.15. The molecule has 0 aliphatic heterocycles. The van der Waals surface area contributed by atoms with Crippen LogP contribution in [0, 0.1) is 5.41 Å². The van der Waals surface area contributed by atoms with Crippen molar-refractivity contribution < 1.29 is 18.9 Å². The van der Waals surface area contributed by atoms with Crippen LogP contribution in [0.25, 0.3) is 0 Å². The van der Waals surface area contributed by atoms with E-state index in [-0.39, 0.29) is 5.41 Å². The average Bonchev–Trinajstić information content (AvgIpc) is 3.24. The van der Waals surface area contributed by atoms with Gasteiger partial charge in [-0.05, 0) is 26.2 Å². The highest BCUT2D eigenvalue weighted by atomic mass is 16.5. The number of nitrogens with zero attached hydrogens (tertiary/aromatic N) is 1. The standard InChI is InChI=1S/C21H33N3O4/c1-6-28-18-13-17(21(18)9-7-8-10-21)24-20(22-2)23-14-11-15(25-3)19(27-5)16(12-14)26-4/h11-12,17-18H,6-10,13H2,1-5H3,(H2,22,23,24). The van der Waals surface area contributed by atoms with E-state index in [1.54, 1.807) is 28.4 Å². The van der Waals surface area contributed by atoms with Crippen molar-refractivity contribution in [3.05, 3.63) is 12.1 Å². The molecule has 7 heteroatoms. The van der Waals surface area contributed by atoms with Crippen molar-refractivity contribution in [2.24, 2.45) is 10.4 Å². The van der Waals surface area contributed by atoms with Crippen LogP contribution in [0.5, 0.6) is 17.2 Å². The molecule has 7 nitrogen and oxygen atoms in total. The van der Waals surface area contributed by atoms with E-state index in [2.05, 4.69) is 22.5 Å². The zero-order valence-corrected chi connectivity index (χ0v) is 17.6. The van der Waals surface area contributed by atoms with Crippen LogP contribution in [0.4, 0.5) is 5.69 Å². The molecule has 0 aromatic heterocycles. The van der Waals surface area contributed by atoms with Gasteiger partial charge in [-0.15, -0.1) is 0 Å². The Hall–Kier alpha value is -2.15. The Bertz CT molecular complexity index is 676. The first kappa shape index (κ1) is 20.6. The summed E-state index contributed by atoms with van der Waals surface area (Å²) in [4.78, 5) is 4.43. The van der Waals surface area contributed by atoms with Gasteiger partial charge in [-0.1, -0.05) is 12.8 Å². The molecular formula is C21H33N3O4. The van der Waals surface area contributed by atoms with Crippen molar-refractivity contribution in [3.8, 4) is 17.2 Å². The van der Waals surface area contributed by atoms with Crippen molar-refractivity contribution in [2.75, 3.05) is 40.3 Å². The highest BCUT2D eigenvalue weighted by molar-refractivity contribution is 5.94.